The van der Waals surface area contributed by atoms with E-state index in [2.05, 4.69) is 0 Å². The quantitative estimate of drug-likeness (QED) is 0.680. The SMILES string of the molecule is OCc1ccc(F)cc1C(O)C(O)CCl. The van der Waals surface area contributed by atoms with Crippen LogP contribution in [0.4, 0.5) is 4.39 Å². The number of aliphatic hydroxyl groups excluding tert-OH is 3. The van der Waals surface area contributed by atoms with Crippen LogP contribution in [0.2, 0.25) is 0 Å². The zero-order valence-corrected chi connectivity index (χ0v) is 8.65. The van der Waals surface area contributed by atoms with Gasteiger partial charge in [0.1, 0.15) is 11.9 Å². The average Bonchev–Trinajstić information content (AvgIpc) is 2.27. The van der Waals surface area contributed by atoms with Crippen molar-refractivity contribution >= 4 is 11.6 Å². The monoisotopic (exact) mass is 234 g/mol. The van der Waals surface area contributed by atoms with Crippen molar-refractivity contribution in [1.29, 1.82) is 0 Å². The molecule has 0 radical (unpaired) electrons. The largest absolute Gasteiger partial charge is 0.392 e. The van der Waals surface area contributed by atoms with Crippen LogP contribution < -0.4 is 0 Å². The highest BCUT2D eigenvalue weighted by Gasteiger charge is 2.20. The summed E-state index contributed by atoms with van der Waals surface area (Å²) in [6, 6.07) is 3.61. The minimum absolute atomic E-state index is 0.158. The van der Waals surface area contributed by atoms with Crippen LogP contribution >= 0.6 is 11.6 Å². The molecule has 3 nitrogen and oxygen atoms in total. The Hall–Kier alpha value is -0.680. The van der Waals surface area contributed by atoms with Gasteiger partial charge in [-0.1, -0.05) is 6.07 Å². The maximum Gasteiger partial charge on any atom is 0.123 e. The normalized spacial score (nSPS) is 15.0. The van der Waals surface area contributed by atoms with Gasteiger partial charge >= 0.3 is 0 Å². The van der Waals surface area contributed by atoms with Gasteiger partial charge in [-0.3, -0.25) is 0 Å². The van der Waals surface area contributed by atoms with Gasteiger partial charge in [-0.2, -0.15) is 0 Å². The molecule has 0 saturated heterocycles. The van der Waals surface area contributed by atoms with Crippen molar-refractivity contribution in [3.63, 3.8) is 0 Å². The molecule has 84 valence electrons. The summed E-state index contributed by atoms with van der Waals surface area (Å²) >= 11 is 5.37. The van der Waals surface area contributed by atoms with E-state index in [4.69, 9.17) is 16.7 Å². The Morgan fingerprint density at radius 1 is 1.33 bits per heavy atom. The highest BCUT2D eigenvalue weighted by molar-refractivity contribution is 6.18. The van der Waals surface area contributed by atoms with Crippen molar-refractivity contribution in [2.45, 2.75) is 18.8 Å². The van der Waals surface area contributed by atoms with E-state index < -0.39 is 18.0 Å². The van der Waals surface area contributed by atoms with Gasteiger partial charge in [0.25, 0.3) is 0 Å². The van der Waals surface area contributed by atoms with Gasteiger partial charge < -0.3 is 15.3 Å². The van der Waals surface area contributed by atoms with Crippen molar-refractivity contribution in [2.24, 2.45) is 0 Å². The lowest BCUT2D eigenvalue weighted by Crippen LogP contribution is -2.21. The molecule has 0 saturated carbocycles. The predicted molar refractivity (Wildman–Crippen MR) is 54.0 cm³/mol. The van der Waals surface area contributed by atoms with Crippen LogP contribution in [-0.4, -0.2) is 27.3 Å². The smallest absolute Gasteiger partial charge is 0.123 e. The Balaban J connectivity index is 3.05. The van der Waals surface area contributed by atoms with Gasteiger partial charge in [0.15, 0.2) is 0 Å². The van der Waals surface area contributed by atoms with Crippen LogP contribution in [0.5, 0.6) is 0 Å². The number of rotatable bonds is 4. The molecule has 0 amide bonds. The van der Waals surface area contributed by atoms with E-state index in [0.29, 0.717) is 5.56 Å². The summed E-state index contributed by atoms with van der Waals surface area (Å²) in [6.45, 7) is -0.332. The maximum absolute atomic E-state index is 12.9. The Morgan fingerprint density at radius 2 is 2.00 bits per heavy atom. The summed E-state index contributed by atoms with van der Waals surface area (Å²) in [5.74, 6) is -0.703. The van der Waals surface area contributed by atoms with Gasteiger partial charge in [0, 0.05) is 0 Å². The molecule has 0 spiro atoms. The molecule has 1 aromatic carbocycles. The van der Waals surface area contributed by atoms with Crippen molar-refractivity contribution in [3.05, 3.63) is 35.1 Å². The molecule has 0 bridgehead atoms. The molecule has 1 aromatic rings. The van der Waals surface area contributed by atoms with Crippen molar-refractivity contribution in [1.82, 2.24) is 0 Å². The van der Waals surface area contributed by atoms with E-state index in [-0.39, 0.29) is 18.1 Å². The van der Waals surface area contributed by atoms with Crippen molar-refractivity contribution in [3.8, 4) is 0 Å². The van der Waals surface area contributed by atoms with Gasteiger partial charge in [0.2, 0.25) is 0 Å². The third-order valence-corrected chi connectivity index (χ3v) is 2.44. The third kappa shape index (κ3) is 2.89. The minimum Gasteiger partial charge on any atom is -0.392 e. The zero-order valence-electron chi connectivity index (χ0n) is 7.90. The topological polar surface area (TPSA) is 60.7 Å². The summed E-state index contributed by atoms with van der Waals surface area (Å²) in [6.07, 6.45) is -2.47. The highest BCUT2D eigenvalue weighted by atomic mass is 35.5. The predicted octanol–water partition coefficient (Wildman–Crippen LogP) is 0.951. The summed E-state index contributed by atoms with van der Waals surface area (Å²) < 4.78 is 12.9. The fourth-order valence-corrected chi connectivity index (χ4v) is 1.45. The van der Waals surface area contributed by atoms with E-state index in [1.165, 1.54) is 12.1 Å². The number of aliphatic hydroxyl groups is 3. The molecule has 3 N–H and O–H groups in total. The fourth-order valence-electron chi connectivity index (χ4n) is 1.28. The average molecular weight is 235 g/mol. The van der Waals surface area contributed by atoms with E-state index >= 15 is 0 Å². The van der Waals surface area contributed by atoms with Crippen LogP contribution in [0.25, 0.3) is 0 Å². The molecule has 0 aromatic heterocycles. The highest BCUT2D eigenvalue weighted by Crippen LogP contribution is 2.23. The number of alkyl halides is 1. The molecule has 1 rings (SSSR count). The van der Waals surface area contributed by atoms with E-state index in [1.54, 1.807) is 0 Å². The molecule has 0 fully saturated rings. The van der Waals surface area contributed by atoms with Crippen LogP contribution in [0.1, 0.15) is 17.2 Å². The number of halogens is 2. The first-order valence-electron chi connectivity index (χ1n) is 4.41. The molecule has 2 unspecified atom stereocenters. The second kappa shape index (κ2) is 5.42. The molecule has 15 heavy (non-hydrogen) atoms. The zero-order chi connectivity index (χ0) is 11.4. The first kappa shape index (κ1) is 12.4. The number of hydrogen-bond donors (Lipinski definition) is 3. The van der Waals surface area contributed by atoms with Gasteiger partial charge in [-0.05, 0) is 23.3 Å². The maximum atomic E-state index is 12.9. The van der Waals surface area contributed by atoms with E-state index in [1.807, 2.05) is 0 Å². The van der Waals surface area contributed by atoms with E-state index in [9.17, 15) is 14.6 Å². The first-order chi connectivity index (χ1) is 7.10. The molecule has 2 atom stereocenters. The summed E-state index contributed by atoms with van der Waals surface area (Å²) in [7, 11) is 0. The Morgan fingerprint density at radius 3 is 2.53 bits per heavy atom. The second-order valence-electron chi connectivity index (χ2n) is 3.17. The lowest BCUT2D eigenvalue weighted by molar-refractivity contribution is 0.0313. The Bertz CT molecular complexity index is 332. The fraction of sp³-hybridized carbons (Fsp3) is 0.400. The Kier molecular flexibility index (Phi) is 4.47. The summed E-state index contributed by atoms with van der Waals surface area (Å²) in [5, 5.41) is 27.9. The van der Waals surface area contributed by atoms with E-state index in [0.717, 1.165) is 6.07 Å². The lowest BCUT2D eigenvalue weighted by Gasteiger charge is -2.18. The molecule has 0 aliphatic carbocycles. The Labute approximate surface area is 91.7 Å². The molecular weight excluding hydrogens is 223 g/mol. The first-order valence-corrected chi connectivity index (χ1v) is 4.95. The summed E-state index contributed by atoms with van der Waals surface area (Å²) in [5.41, 5.74) is 0.527. The van der Waals surface area contributed by atoms with Crippen LogP contribution in [0.3, 0.4) is 0 Å². The molecular formula is C10H12ClFO3. The minimum atomic E-state index is -1.29. The van der Waals surface area contributed by atoms with Gasteiger partial charge in [-0.25, -0.2) is 4.39 Å². The molecule has 0 aliphatic heterocycles. The van der Waals surface area contributed by atoms with Crippen LogP contribution in [0, 0.1) is 5.82 Å². The second-order valence-corrected chi connectivity index (χ2v) is 3.48. The van der Waals surface area contributed by atoms with Gasteiger partial charge in [-0.15, -0.1) is 11.6 Å². The lowest BCUT2D eigenvalue weighted by atomic mass is 9.99. The molecule has 0 aliphatic rings. The molecule has 0 heterocycles. The molecule has 5 heteroatoms. The van der Waals surface area contributed by atoms with Crippen molar-refractivity contribution < 1.29 is 19.7 Å². The standard InChI is InChI=1S/C10H12ClFO3/c11-4-9(14)10(15)8-3-7(12)2-1-6(8)5-13/h1-3,9-10,13-15H,4-5H2. The third-order valence-electron chi connectivity index (χ3n) is 2.12. The number of hydrogen-bond acceptors (Lipinski definition) is 3. The summed E-state index contributed by atoms with van der Waals surface area (Å²) in [4.78, 5) is 0. The van der Waals surface area contributed by atoms with Crippen LogP contribution in [0.15, 0.2) is 18.2 Å². The van der Waals surface area contributed by atoms with Crippen molar-refractivity contribution in [2.75, 3.05) is 5.88 Å². The van der Waals surface area contributed by atoms with Gasteiger partial charge in [0.05, 0.1) is 18.6 Å². The van der Waals surface area contributed by atoms with Crippen LogP contribution in [-0.2, 0) is 6.61 Å². The number of benzene rings is 1.